The molecule has 1 aromatic heterocycles. The molecule has 0 radical (unpaired) electrons. The van der Waals surface area contributed by atoms with E-state index in [4.69, 9.17) is 0 Å². The summed E-state index contributed by atoms with van der Waals surface area (Å²) in [5.74, 6) is -0.395. The van der Waals surface area contributed by atoms with Gasteiger partial charge in [-0.15, -0.1) is 0 Å². The number of fused-ring (bicyclic) bond motifs is 1. The molecule has 19 heavy (non-hydrogen) atoms. The average molecular weight is 297 g/mol. The Bertz CT molecular complexity index is 674. The lowest BCUT2D eigenvalue weighted by Gasteiger charge is -2.05. The number of amides is 1. The van der Waals surface area contributed by atoms with Gasteiger partial charge in [-0.2, -0.15) is 4.37 Å². The summed E-state index contributed by atoms with van der Waals surface area (Å²) in [5.41, 5.74) is 0.697. The number of aryl methyl sites for hydroxylation is 1. The number of nitrogens with zero attached hydrogens (tertiary/aromatic N) is 2. The Morgan fingerprint density at radius 2 is 2.32 bits per heavy atom. The highest BCUT2D eigenvalue weighted by molar-refractivity contribution is 8.01. The van der Waals surface area contributed by atoms with Gasteiger partial charge in [0.2, 0.25) is 0 Å². The molecule has 0 fully saturated rings. The maximum Gasteiger partial charge on any atom is 0.257 e. The molecule has 0 bridgehead atoms. The van der Waals surface area contributed by atoms with Crippen LogP contribution in [-0.2, 0) is 4.79 Å². The first-order valence-corrected chi connectivity index (χ1v) is 6.94. The number of rotatable bonds is 2. The van der Waals surface area contributed by atoms with E-state index < -0.39 is 17.8 Å². The van der Waals surface area contributed by atoms with Gasteiger partial charge in [-0.3, -0.25) is 4.79 Å². The molecule has 1 aliphatic heterocycles. The van der Waals surface area contributed by atoms with E-state index in [9.17, 15) is 14.3 Å². The van der Waals surface area contributed by atoms with Crippen molar-refractivity contribution in [3.05, 3.63) is 29.3 Å². The van der Waals surface area contributed by atoms with Gasteiger partial charge in [0, 0.05) is 11.3 Å². The summed E-state index contributed by atoms with van der Waals surface area (Å²) < 4.78 is 18.6. The second-order valence-electron chi connectivity index (χ2n) is 3.97. The summed E-state index contributed by atoms with van der Waals surface area (Å²) in [4.78, 5) is 15.8. The molecule has 0 saturated heterocycles. The molecule has 2 N–H and O–H groups in total. The molecule has 0 aliphatic carbocycles. The van der Waals surface area contributed by atoms with Gasteiger partial charge < -0.3 is 10.4 Å². The minimum absolute atomic E-state index is 0.264. The predicted molar refractivity (Wildman–Crippen MR) is 68.8 cm³/mol. The van der Waals surface area contributed by atoms with Crippen molar-refractivity contribution in [3.63, 3.8) is 0 Å². The molecule has 1 aliphatic rings. The van der Waals surface area contributed by atoms with Crippen molar-refractivity contribution in [3.8, 4) is 0 Å². The van der Waals surface area contributed by atoms with E-state index in [0.717, 1.165) is 11.8 Å². The lowest BCUT2D eigenvalue weighted by molar-refractivity contribution is -0.123. The maximum atomic E-state index is 13.9. The van der Waals surface area contributed by atoms with Crippen LogP contribution in [0.15, 0.2) is 21.4 Å². The molecule has 2 heterocycles. The quantitative estimate of drug-likeness (QED) is 0.888. The normalized spacial score (nSPS) is 17.4. The molecule has 1 atom stereocenters. The van der Waals surface area contributed by atoms with Crippen LogP contribution in [0.2, 0.25) is 0 Å². The van der Waals surface area contributed by atoms with Crippen molar-refractivity contribution in [2.24, 2.45) is 0 Å². The second-order valence-corrected chi connectivity index (χ2v) is 6.01. The van der Waals surface area contributed by atoms with Gasteiger partial charge in [-0.1, -0.05) is 11.8 Å². The van der Waals surface area contributed by atoms with Crippen molar-refractivity contribution >= 4 is 34.9 Å². The van der Waals surface area contributed by atoms with Gasteiger partial charge in [0.1, 0.15) is 11.6 Å². The van der Waals surface area contributed by atoms with Crippen molar-refractivity contribution < 1.29 is 14.3 Å². The number of hydrogen-bond donors (Lipinski definition) is 2. The lowest BCUT2D eigenvalue weighted by Crippen LogP contribution is -2.10. The fourth-order valence-electron chi connectivity index (χ4n) is 1.74. The number of hydrogen-bond acceptors (Lipinski definition) is 6. The van der Waals surface area contributed by atoms with Crippen LogP contribution in [0.4, 0.5) is 10.1 Å². The second kappa shape index (κ2) is 4.55. The van der Waals surface area contributed by atoms with Gasteiger partial charge in [0.15, 0.2) is 10.4 Å². The fourth-order valence-corrected chi connectivity index (χ4v) is 3.39. The standard InChI is InChI=1S/C11H8FN3O2S2/c1-4-13-11(19-15-4)18-8-3-7-5(2-6(8)12)9(16)10(17)14-7/h2-3,9,16H,1H3,(H,14,17). The first kappa shape index (κ1) is 12.5. The molecule has 1 amide bonds. The molecule has 1 unspecified atom stereocenters. The fraction of sp³-hybridized carbons (Fsp3) is 0.182. The number of anilines is 1. The lowest BCUT2D eigenvalue weighted by atomic mass is 10.1. The topological polar surface area (TPSA) is 75.1 Å². The number of carbonyl (C=O) groups excluding carboxylic acids is 1. The highest BCUT2D eigenvalue weighted by Gasteiger charge is 2.30. The molecule has 3 rings (SSSR count). The SMILES string of the molecule is Cc1nsc(Sc2cc3c(cc2F)C(O)C(=O)N3)n1. The van der Waals surface area contributed by atoms with Crippen molar-refractivity contribution in [1.82, 2.24) is 9.36 Å². The Hall–Kier alpha value is -1.51. The van der Waals surface area contributed by atoms with Crippen LogP contribution in [0.25, 0.3) is 0 Å². The zero-order chi connectivity index (χ0) is 13.6. The Kier molecular flexibility index (Phi) is 3.00. The molecule has 2 aromatic rings. The average Bonchev–Trinajstić information content (AvgIpc) is 2.87. The summed E-state index contributed by atoms with van der Waals surface area (Å²) in [7, 11) is 0. The van der Waals surface area contributed by atoms with Crippen LogP contribution in [0.3, 0.4) is 0 Å². The Morgan fingerprint density at radius 3 is 3.00 bits per heavy atom. The maximum absolute atomic E-state index is 13.9. The zero-order valence-electron chi connectivity index (χ0n) is 9.68. The molecular formula is C11H8FN3O2S2. The summed E-state index contributed by atoms with van der Waals surface area (Å²) in [6.45, 7) is 1.76. The summed E-state index contributed by atoms with van der Waals surface area (Å²) in [6, 6.07) is 2.67. The molecule has 0 saturated carbocycles. The van der Waals surface area contributed by atoms with E-state index in [1.54, 1.807) is 6.92 Å². The van der Waals surface area contributed by atoms with E-state index in [1.165, 1.54) is 23.7 Å². The van der Waals surface area contributed by atoms with Gasteiger partial charge in [-0.25, -0.2) is 9.37 Å². The van der Waals surface area contributed by atoms with Gasteiger partial charge in [-0.05, 0) is 30.6 Å². The number of halogens is 1. The highest BCUT2D eigenvalue weighted by atomic mass is 32.2. The molecule has 98 valence electrons. The molecule has 1 aromatic carbocycles. The third kappa shape index (κ3) is 2.22. The highest BCUT2D eigenvalue weighted by Crippen LogP contribution is 2.38. The third-order valence-electron chi connectivity index (χ3n) is 2.61. The third-order valence-corrected chi connectivity index (χ3v) is 4.49. The first-order valence-electron chi connectivity index (χ1n) is 5.35. The van der Waals surface area contributed by atoms with Crippen molar-refractivity contribution in [1.29, 1.82) is 0 Å². The number of nitrogens with one attached hydrogen (secondary N) is 1. The minimum Gasteiger partial charge on any atom is -0.378 e. The Balaban J connectivity index is 1.96. The van der Waals surface area contributed by atoms with Crippen LogP contribution in [0, 0.1) is 12.7 Å². The van der Waals surface area contributed by atoms with E-state index in [0.29, 0.717) is 20.7 Å². The van der Waals surface area contributed by atoms with E-state index in [-0.39, 0.29) is 5.56 Å². The van der Waals surface area contributed by atoms with Gasteiger partial charge >= 0.3 is 0 Å². The zero-order valence-corrected chi connectivity index (χ0v) is 11.3. The molecule has 0 spiro atoms. The van der Waals surface area contributed by atoms with Crippen molar-refractivity contribution in [2.45, 2.75) is 22.3 Å². The number of aromatic nitrogens is 2. The minimum atomic E-state index is -1.30. The number of aliphatic hydroxyl groups excluding tert-OH is 1. The summed E-state index contributed by atoms with van der Waals surface area (Å²) in [5, 5.41) is 12.1. The van der Waals surface area contributed by atoms with Gasteiger partial charge in [0.05, 0.1) is 4.90 Å². The predicted octanol–water partition coefficient (Wildman–Crippen LogP) is 2.12. The molecular weight excluding hydrogens is 289 g/mol. The van der Waals surface area contributed by atoms with Crippen molar-refractivity contribution in [2.75, 3.05) is 5.32 Å². The Morgan fingerprint density at radius 1 is 1.53 bits per heavy atom. The van der Waals surface area contributed by atoms with Crippen LogP contribution in [-0.4, -0.2) is 20.4 Å². The monoisotopic (exact) mass is 297 g/mol. The number of aliphatic hydroxyl groups is 1. The smallest absolute Gasteiger partial charge is 0.257 e. The van der Waals surface area contributed by atoms with E-state index in [2.05, 4.69) is 14.7 Å². The largest absolute Gasteiger partial charge is 0.378 e. The van der Waals surface area contributed by atoms with E-state index >= 15 is 0 Å². The van der Waals surface area contributed by atoms with Crippen LogP contribution in [0.1, 0.15) is 17.5 Å². The van der Waals surface area contributed by atoms with E-state index in [1.807, 2.05) is 0 Å². The van der Waals surface area contributed by atoms with Gasteiger partial charge in [0.25, 0.3) is 5.91 Å². The Labute approximate surface area is 116 Å². The van der Waals surface area contributed by atoms with Crippen LogP contribution >= 0.6 is 23.3 Å². The summed E-state index contributed by atoms with van der Waals surface area (Å²) >= 11 is 2.33. The number of carbonyl (C=O) groups is 1. The van der Waals surface area contributed by atoms with Crippen LogP contribution in [0.5, 0.6) is 0 Å². The summed E-state index contributed by atoms with van der Waals surface area (Å²) in [6.07, 6.45) is -1.30. The molecule has 5 nitrogen and oxygen atoms in total. The number of benzene rings is 1. The van der Waals surface area contributed by atoms with Crippen LogP contribution < -0.4 is 5.32 Å². The molecule has 8 heteroatoms. The first-order chi connectivity index (χ1) is 9.04.